The molecule has 1 aliphatic heterocycles. The Morgan fingerprint density at radius 1 is 1.17 bits per heavy atom. The van der Waals surface area contributed by atoms with Gasteiger partial charge >= 0.3 is 0 Å². The molecular weight excluding hydrogens is 395 g/mol. The zero-order chi connectivity index (χ0) is 20.7. The Kier molecular flexibility index (Phi) is 5.15. The molecule has 29 heavy (non-hydrogen) atoms. The van der Waals surface area contributed by atoms with Crippen molar-refractivity contribution in [2.75, 3.05) is 27.2 Å². The number of nitrogens with one attached hydrogen (secondary N) is 1. The fraction of sp³-hybridized carbons (Fsp3) is 0.273. The molecular formula is C22H21ClFN2O3+. The fourth-order valence-corrected chi connectivity index (χ4v) is 4.05. The van der Waals surface area contributed by atoms with E-state index >= 15 is 0 Å². The number of amides is 1. The van der Waals surface area contributed by atoms with Gasteiger partial charge in [0.05, 0.1) is 37.6 Å². The Hall–Kier alpha value is -2.70. The van der Waals surface area contributed by atoms with Crippen LogP contribution in [0, 0.1) is 5.82 Å². The van der Waals surface area contributed by atoms with Gasteiger partial charge in [0.25, 0.3) is 5.91 Å². The van der Waals surface area contributed by atoms with Crippen LogP contribution < -0.4 is 10.3 Å². The first-order valence-electron chi connectivity index (χ1n) is 9.48. The zero-order valence-corrected chi connectivity index (χ0v) is 16.9. The molecule has 0 bridgehead atoms. The van der Waals surface area contributed by atoms with Crippen LogP contribution in [-0.2, 0) is 0 Å². The highest BCUT2D eigenvalue weighted by atomic mass is 35.5. The maximum absolute atomic E-state index is 13.8. The van der Waals surface area contributed by atoms with Crippen LogP contribution in [0.2, 0.25) is 5.02 Å². The van der Waals surface area contributed by atoms with Crippen molar-refractivity contribution in [3.8, 4) is 0 Å². The molecule has 2 heterocycles. The van der Waals surface area contributed by atoms with Gasteiger partial charge in [0.1, 0.15) is 11.4 Å². The summed E-state index contributed by atoms with van der Waals surface area (Å²) in [5.74, 6) is -0.836. The van der Waals surface area contributed by atoms with Crippen LogP contribution in [0.5, 0.6) is 0 Å². The van der Waals surface area contributed by atoms with Crippen molar-refractivity contribution < 1.29 is 18.5 Å². The topological polar surface area (TPSA) is 55.0 Å². The average molecular weight is 416 g/mol. The molecule has 2 aromatic carbocycles. The van der Waals surface area contributed by atoms with Gasteiger partial charge in [0, 0.05) is 18.0 Å². The normalized spacial score (nSPS) is 16.1. The molecule has 0 saturated carbocycles. The minimum absolute atomic E-state index is 0.0243. The molecule has 0 saturated heterocycles. The van der Waals surface area contributed by atoms with E-state index in [4.69, 9.17) is 16.0 Å². The molecule has 4 rings (SSSR count). The van der Waals surface area contributed by atoms with Crippen molar-refractivity contribution in [3.05, 3.63) is 80.4 Å². The number of carbonyl (C=O) groups is 1. The number of carbonyl (C=O) groups excluding carboxylic acids is 1. The standard InChI is InChI=1S/C22H20ClFN2O3/c1-25(2)9-4-10-26-19(13-5-3-6-14(23)11-13)18-20(27)16-12-15(24)7-8-17(16)29-21(18)22(26)28/h3,5-8,11-12,19H,4,9-10H2,1-2H3/p+1/t19-/m0/s1. The van der Waals surface area contributed by atoms with Crippen LogP contribution in [0.25, 0.3) is 11.0 Å². The van der Waals surface area contributed by atoms with Crippen LogP contribution >= 0.6 is 11.6 Å². The number of nitrogens with zero attached hydrogens (tertiary/aromatic N) is 1. The summed E-state index contributed by atoms with van der Waals surface area (Å²) < 4.78 is 19.6. The molecule has 5 nitrogen and oxygen atoms in total. The lowest BCUT2D eigenvalue weighted by Crippen LogP contribution is -3.05. The number of quaternary nitrogens is 1. The summed E-state index contributed by atoms with van der Waals surface area (Å²) >= 11 is 6.18. The summed E-state index contributed by atoms with van der Waals surface area (Å²) in [7, 11) is 4.09. The third-order valence-corrected chi connectivity index (χ3v) is 5.40. The third kappa shape index (κ3) is 3.54. The molecule has 3 aromatic rings. The molecule has 0 spiro atoms. The van der Waals surface area contributed by atoms with Crippen LogP contribution in [0.3, 0.4) is 0 Å². The van der Waals surface area contributed by atoms with E-state index < -0.39 is 11.9 Å². The first kappa shape index (κ1) is 19.6. The Labute approximate surface area is 172 Å². The first-order chi connectivity index (χ1) is 13.9. The molecule has 150 valence electrons. The van der Waals surface area contributed by atoms with Gasteiger partial charge in [-0.15, -0.1) is 0 Å². The van der Waals surface area contributed by atoms with Crippen molar-refractivity contribution in [3.63, 3.8) is 0 Å². The number of fused-ring (bicyclic) bond motifs is 2. The van der Waals surface area contributed by atoms with E-state index in [0.717, 1.165) is 24.6 Å². The second kappa shape index (κ2) is 7.61. The van der Waals surface area contributed by atoms with Gasteiger partial charge in [-0.3, -0.25) is 9.59 Å². The van der Waals surface area contributed by atoms with Gasteiger partial charge in [-0.2, -0.15) is 0 Å². The van der Waals surface area contributed by atoms with E-state index in [1.807, 2.05) is 20.2 Å². The van der Waals surface area contributed by atoms with Gasteiger partial charge in [0.2, 0.25) is 5.76 Å². The third-order valence-electron chi connectivity index (χ3n) is 5.17. The molecule has 0 aliphatic carbocycles. The lowest BCUT2D eigenvalue weighted by molar-refractivity contribution is -0.858. The Morgan fingerprint density at radius 3 is 2.69 bits per heavy atom. The van der Waals surface area contributed by atoms with Crippen molar-refractivity contribution in [1.29, 1.82) is 0 Å². The number of hydrogen-bond acceptors (Lipinski definition) is 3. The van der Waals surface area contributed by atoms with E-state index in [0.29, 0.717) is 11.6 Å². The molecule has 1 amide bonds. The Morgan fingerprint density at radius 2 is 1.97 bits per heavy atom. The molecule has 0 fully saturated rings. The van der Waals surface area contributed by atoms with Gasteiger partial charge in [-0.1, -0.05) is 23.7 Å². The maximum Gasteiger partial charge on any atom is 0.290 e. The molecule has 1 atom stereocenters. The van der Waals surface area contributed by atoms with Crippen molar-refractivity contribution in [1.82, 2.24) is 4.90 Å². The predicted octanol–water partition coefficient (Wildman–Crippen LogP) is 2.67. The second-order valence-electron chi connectivity index (χ2n) is 7.58. The van der Waals surface area contributed by atoms with Gasteiger partial charge < -0.3 is 14.2 Å². The molecule has 1 aromatic heterocycles. The minimum Gasteiger partial charge on any atom is -0.450 e. The van der Waals surface area contributed by atoms with Crippen LogP contribution in [0.15, 0.2) is 51.7 Å². The maximum atomic E-state index is 13.8. The van der Waals surface area contributed by atoms with Crippen LogP contribution in [-0.4, -0.2) is 38.0 Å². The highest BCUT2D eigenvalue weighted by Crippen LogP contribution is 2.38. The first-order valence-corrected chi connectivity index (χ1v) is 9.86. The average Bonchev–Trinajstić information content (AvgIpc) is 2.95. The fourth-order valence-electron chi connectivity index (χ4n) is 3.85. The van der Waals surface area contributed by atoms with Crippen LogP contribution in [0.4, 0.5) is 4.39 Å². The minimum atomic E-state index is -0.614. The van der Waals surface area contributed by atoms with E-state index in [1.54, 1.807) is 23.1 Å². The SMILES string of the molecule is C[NH+](C)CCCN1C(=O)c2oc3ccc(F)cc3c(=O)c2[C@@H]1c1cccc(Cl)c1. The lowest BCUT2D eigenvalue weighted by atomic mass is 9.98. The monoisotopic (exact) mass is 415 g/mol. The Bertz CT molecular complexity index is 1160. The number of halogens is 2. The molecule has 7 heteroatoms. The van der Waals surface area contributed by atoms with E-state index in [9.17, 15) is 14.0 Å². The summed E-state index contributed by atoms with van der Waals surface area (Å²) in [6, 6.07) is 10.2. The van der Waals surface area contributed by atoms with Gasteiger partial charge in [0.15, 0.2) is 5.43 Å². The van der Waals surface area contributed by atoms with Crippen molar-refractivity contribution >= 4 is 28.5 Å². The van der Waals surface area contributed by atoms with Gasteiger partial charge in [-0.05, 0) is 35.9 Å². The number of benzene rings is 2. The summed E-state index contributed by atoms with van der Waals surface area (Å²) in [6.45, 7) is 1.34. The number of hydrogen-bond donors (Lipinski definition) is 1. The summed E-state index contributed by atoms with van der Waals surface area (Å²) in [5, 5.41) is 0.639. The molecule has 0 unspecified atom stereocenters. The van der Waals surface area contributed by atoms with Crippen molar-refractivity contribution in [2.24, 2.45) is 0 Å². The van der Waals surface area contributed by atoms with Gasteiger partial charge in [-0.25, -0.2) is 4.39 Å². The smallest absolute Gasteiger partial charge is 0.290 e. The zero-order valence-electron chi connectivity index (χ0n) is 16.2. The molecule has 1 aliphatic rings. The van der Waals surface area contributed by atoms with E-state index in [2.05, 4.69) is 0 Å². The lowest BCUT2D eigenvalue weighted by Gasteiger charge is -2.25. The molecule has 1 N–H and O–H groups in total. The number of rotatable bonds is 5. The van der Waals surface area contributed by atoms with E-state index in [-0.39, 0.29) is 33.6 Å². The largest absolute Gasteiger partial charge is 0.450 e. The summed E-state index contributed by atoms with van der Waals surface area (Å²) in [4.78, 5) is 29.4. The highest BCUT2D eigenvalue weighted by Gasteiger charge is 2.42. The van der Waals surface area contributed by atoms with Crippen LogP contribution in [0.1, 0.15) is 34.1 Å². The van der Waals surface area contributed by atoms with Crippen molar-refractivity contribution in [2.45, 2.75) is 12.5 Å². The summed E-state index contributed by atoms with van der Waals surface area (Å²) in [5.41, 5.74) is 0.783. The second-order valence-corrected chi connectivity index (χ2v) is 8.02. The molecule has 0 radical (unpaired) electrons. The Balaban J connectivity index is 1.89. The predicted molar refractivity (Wildman–Crippen MR) is 109 cm³/mol. The summed E-state index contributed by atoms with van der Waals surface area (Å²) in [6.07, 6.45) is 0.765. The highest BCUT2D eigenvalue weighted by molar-refractivity contribution is 6.30. The quantitative estimate of drug-likeness (QED) is 0.697. The van der Waals surface area contributed by atoms with E-state index in [1.165, 1.54) is 17.0 Å².